The molecule has 15 rings (SSSR count). The molecule has 108 heavy (non-hydrogen) atoms. The summed E-state index contributed by atoms with van der Waals surface area (Å²) in [5.74, 6) is 5.96. The molecular formula is C91H114N16O. The van der Waals surface area contributed by atoms with Crippen molar-refractivity contribution in [2.45, 2.75) is 198 Å². The van der Waals surface area contributed by atoms with E-state index < -0.39 is 0 Å². The van der Waals surface area contributed by atoms with E-state index in [4.69, 9.17) is 0 Å². The first-order valence-electron chi connectivity index (χ1n) is 37.7. The van der Waals surface area contributed by atoms with E-state index in [1.54, 1.807) is 68.3 Å². The Morgan fingerprint density at radius 3 is 1.49 bits per heavy atom. The van der Waals surface area contributed by atoms with Crippen LogP contribution >= 0.6 is 0 Å². The Balaban J connectivity index is 0.000000188. The number of hydrogen-bond acceptors (Lipinski definition) is 13. The van der Waals surface area contributed by atoms with Crippen LogP contribution < -0.4 is 5.56 Å². The first-order valence-corrected chi connectivity index (χ1v) is 37.7. The number of fused-ring (bicyclic) bond motifs is 5. The van der Waals surface area contributed by atoms with Gasteiger partial charge in [-0.05, 0) is 146 Å². The van der Waals surface area contributed by atoms with Crippen LogP contribution in [0.5, 0.6) is 0 Å². The number of rotatable bonds is 10. The van der Waals surface area contributed by atoms with Gasteiger partial charge in [0, 0.05) is 131 Å². The van der Waals surface area contributed by atoms with Crippen molar-refractivity contribution in [3.05, 3.63) is 318 Å². The van der Waals surface area contributed by atoms with Crippen molar-refractivity contribution < 1.29 is 0 Å². The third kappa shape index (κ3) is 27.9. The molecule has 17 heteroatoms. The fourth-order valence-electron chi connectivity index (χ4n) is 10.9. The van der Waals surface area contributed by atoms with Crippen LogP contribution in [0.2, 0.25) is 0 Å². The van der Waals surface area contributed by atoms with Crippen LogP contribution in [-0.4, -0.2) is 79.6 Å². The van der Waals surface area contributed by atoms with Crippen molar-refractivity contribution in [2.75, 3.05) is 0 Å². The topological polar surface area (TPSA) is 224 Å². The van der Waals surface area contributed by atoms with Gasteiger partial charge in [-0.2, -0.15) is 20.4 Å². The zero-order chi connectivity index (χ0) is 78.5. The van der Waals surface area contributed by atoms with E-state index in [-0.39, 0.29) is 11.5 Å². The molecule has 0 aliphatic rings. The highest BCUT2D eigenvalue weighted by Crippen LogP contribution is 2.28. The Labute approximate surface area is 640 Å². The normalized spacial score (nSPS) is 10.7. The molecule has 0 fully saturated rings. The van der Waals surface area contributed by atoms with Crippen LogP contribution in [0.25, 0.3) is 49.1 Å². The highest BCUT2D eigenvalue weighted by Gasteiger charge is 2.10. The molecule has 3 N–H and O–H groups in total. The van der Waals surface area contributed by atoms with Crippen molar-refractivity contribution in [1.29, 1.82) is 0 Å². The van der Waals surface area contributed by atoms with Gasteiger partial charge in [0.15, 0.2) is 0 Å². The predicted molar refractivity (Wildman–Crippen MR) is 449 cm³/mol. The molecule has 0 bridgehead atoms. The average molecular weight is 1450 g/mol. The number of pyridine rings is 1. The lowest BCUT2D eigenvalue weighted by Crippen LogP contribution is -2.13. The number of hydrogen-bond donors (Lipinski definition) is 3. The summed E-state index contributed by atoms with van der Waals surface area (Å²) < 4.78 is 1.94. The largest absolute Gasteiger partial charge is 0.361 e. The molecule has 15 aromatic rings. The van der Waals surface area contributed by atoms with Gasteiger partial charge in [0.1, 0.15) is 17.8 Å². The molecule has 0 unspecified atom stereocenters. The van der Waals surface area contributed by atoms with Gasteiger partial charge in [-0.25, -0.2) is 24.9 Å². The molecule has 0 aliphatic heterocycles. The standard InChI is InChI=1S/C13H14.C12H13N.2C11H13N.C9H11N3.C7H10N2O.4C7H10N2/c1-10(2)12-9-5-7-11-6-3-4-8-13(11)12;1-9(2)11-7-10-5-3-4-6-12(10)13-8-11;1-8(2)9-4-3-5-11-10(9)6-7-12-11;1-8(2)10-7-12-11-6-4-3-5-9(10)11;1-7(2)8-5-10-6-12-4-3-11-9(8)12;1-5(2)6-3-8-4-9-7(6)10;1-6(2)7-5-8-3-4-9-7;1-6(2)7-3-4-8-9-5-7;1-6(2)7-8-4-3-5-9-7;1-6(2)7-4-3-5-8-9-7/h3-10H,1-2H3;3-9H,1-2H3;2*3-8,12H,1-2H3;3-7H,1-2H3;3-5H,1-2H3,(H,8,9,10);4*3-6H,1-2H3. The molecule has 0 saturated carbocycles. The number of imidazole rings is 1. The van der Waals surface area contributed by atoms with E-state index >= 15 is 0 Å². The lowest BCUT2D eigenvalue weighted by Gasteiger charge is -2.08. The number of nitrogens with one attached hydrogen (secondary N) is 3. The lowest BCUT2D eigenvalue weighted by molar-refractivity contribution is 0.774. The van der Waals surface area contributed by atoms with Crippen molar-refractivity contribution in [1.82, 2.24) is 79.6 Å². The average Bonchev–Trinajstić information content (AvgIpc) is 1.44. The van der Waals surface area contributed by atoms with Gasteiger partial charge in [0.2, 0.25) is 0 Å². The Morgan fingerprint density at radius 1 is 0.343 bits per heavy atom. The minimum atomic E-state index is -0.0370. The quantitative estimate of drug-likeness (QED) is 0.116. The van der Waals surface area contributed by atoms with Gasteiger partial charge in [-0.3, -0.25) is 24.1 Å². The molecule has 0 spiro atoms. The van der Waals surface area contributed by atoms with Crippen LogP contribution in [0.15, 0.2) is 256 Å². The van der Waals surface area contributed by atoms with Gasteiger partial charge in [-0.15, -0.1) is 0 Å². The minimum Gasteiger partial charge on any atom is -0.361 e. The Hall–Kier alpha value is -11.3. The second-order valence-electron chi connectivity index (χ2n) is 29.1. The summed E-state index contributed by atoms with van der Waals surface area (Å²) in [5.41, 5.74) is 15.4. The second-order valence-corrected chi connectivity index (χ2v) is 29.1. The zero-order valence-electron chi connectivity index (χ0n) is 67.2. The van der Waals surface area contributed by atoms with E-state index in [0.29, 0.717) is 53.3 Å². The second kappa shape index (κ2) is 45.2. The van der Waals surface area contributed by atoms with Gasteiger partial charge < -0.3 is 15.0 Å². The van der Waals surface area contributed by atoms with Gasteiger partial charge >= 0.3 is 0 Å². The maximum Gasteiger partial charge on any atom is 0.254 e. The molecule has 17 nitrogen and oxygen atoms in total. The van der Waals surface area contributed by atoms with Crippen LogP contribution in [0, 0.1) is 0 Å². The Bertz CT molecular complexity index is 4730. The lowest BCUT2D eigenvalue weighted by atomic mass is 9.96. The van der Waals surface area contributed by atoms with Gasteiger partial charge in [-0.1, -0.05) is 229 Å². The van der Waals surface area contributed by atoms with Gasteiger partial charge in [0.25, 0.3) is 5.56 Å². The zero-order valence-corrected chi connectivity index (χ0v) is 67.2. The molecule has 0 aliphatic carbocycles. The molecule has 10 heterocycles. The summed E-state index contributed by atoms with van der Waals surface area (Å²) in [5, 5.41) is 21.8. The number of aromatic nitrogens is 16. The molecular weight excluding hydrogens is 1330 g/mol. The van der Waals surface area contributed by atoms with Crippen LogP contribution in [0.4, 0.5) is 0 Å². The Kier molecular flexibility index (Phi) is 35.9. The summed E-state index contributed by atoms with van der Waals surface area (Å²) in [6.07, 6.45) is 30.4. The summed E-state index contributed by atoms with van der Waals surface area (Å²) in [7, 11) is 0. The van der Waals surface area contributed by atoms with Crippen molar-refractivity contribution in [2.24, 2.45) is 0 Å². The maximum atomic E-state index is 11.0. The van der Waals surface area contributed by atoms with E-state index in [2.05, 4.69) is 309 Å². The van der Waals surface area contributed by atoms with Crippen molar-refractivity contribution in [3.8, 4) is 0 Å². The maximum absolute atomic E-state index is 11.0. The summed E-state index contributed by atoms with van der Waals surface area (Å²) >= 11 is 0. The van der Waals surface area contributed by atoms with Crippen LogP contribution in [0.3, 0.4) is 0 Å². The highest BCUT2D eigenvalue weighted by atomic mass is 16.1. The van der Waals surface area contributed by atoms with Gasteiger partial charge in [0.05, 0.1) is 29.4 Å². The smallest absolute Gasteiger partial charge is 0.254 e. The summed E-state index contributed by atoms with van der Waals surface area (Å²) in [4.78, 5) is 52.8. The van der Waals surface area contributed by atoms with Crippen LogP contribution in [0.1, 0.15) is 254 Å². The van der Waals surface area contributed by atoms with E-state index in [1.807, 2.05) is 85.5 Å². The third-order valence-corrected chi connectivity index (χ3v) is 17.3. The molecule has 10 aromatic heterocycles. The van der Waals surface area contributed by atoms with E-state index in [9.17, 15) is 4.79 Å². The number of para-hydroxylation sites is 2. The summed E-state index contributed by atoms with van der Waals surface area (Å²) in [6, 6.07) is 50.2. The fourth-order valence-corrected chi connectivity index (χ4v) is 10.9. The fraction of sp³-hybridized carbons (Fsp3) is 0.330. The predicted octanol–water partition coefficient (Wildman–Crippen LogP) is 23.1. The first-order chi connectivity index (χ1) is 51.9. The molecule has 564 valence electrons. The highest BCUT2D eigenvalue weighted by molar-refractivity contribution is 5.86. The number of H-pyrrole nitrogens is 3. The van der Waals surface area contributed by atoms with Crippen LogP contribution in [-0.2, 0) is 0 Å². The molecule has 0 amide bonds. The molecule has 0 atom stereocenters. The first kappa shape index (κ1) is 85.6. The number of nitrogens with zero attached hydrogens (tertiary/aromatic N) is 13. The Morgan fingerprint density at radius 2 is 0.935 bits per heavy atom. The third-order valence-electron chi connectivity index (χ3n) is 17.3. The number of benzene rings is 5. The number of aromatic amines is 3. The molecule has 0 saturated heterocycles. The summed E-state index contributed by atoms with van der Waals surface area (Å²) in [6.45, 7) is 42.8. The van der Waals surface area contributed by atoms with E-state index in [1.165, 1.54) is 77.7 Å². The monoisotopic (exact) mass is 1450 g/mol. The van der Waals surface area contributed by atoms with Crippen molar-refractivity contribution >= 4 is 49.1 Å². The molecule has 5 aromatic carbocycles. The molecule has 0 radical (unpaired) electrons. The SMILES string of the molecule is CC(C)c1c[nH]c2ccccc12.CC(C)c1cccc2[nH]ccc12.CC(C)c1cccc2ccccc12.CC(C)c1cccnn1.CC(C)c1ccnnc1.CC(C)c1cnc2ccccc2c1.CC(C)c1cnc[nH]c1=O.CC(C)c1cnccn1.CC(C)c1cncn2ccnc12.CC(C)c1ncccn1. The van der Waals surface area contributed by atoms with Crippen molar-refractivity contribution in [3.63, 3.8) is 0 Å². The minimum absolute atomic E-state index is 0.0370. The van der Waals surface area contributed by atoms with E-state index in [0.717, 1.165) is 33.9 Å².